The van der Waals surface area contributed by atoms with Gasteiger partial charge in [0.25, 0.3) is 10.0 Å². The maximum absolute atomic E-state index is 13.4. The molecule has 1 atom stereocenters. The average Bonchev–Trinajstić information content (AvgIpc) is 2.72. The van der Waals surface area contributed by atoms with Crippen molar-refractivity contribution in [3.05, 3.63) is 94.0 Å². The summed E-state index contributed by atoms with van der Waals surface area (Å²) in [6, 6.07) is 18.8. The Bertz CT molecular complexity index is 1220. The maximum Gasteiger partial charge on any atom is 0.264 e. The van der Waals surface area contributed by atoms with Crippen LogP contribution in [0.2, 0.25) is 5.02 Å². The lowest BCUT2D eigenvalue weighted by atomic mass is 10.0. The lowest BCUT2D eigenvalue weighted by Crippen LogP contribution is -2.41. The van der Waals surface area contributed by atoms with Crippen LogP contribution >= 0.6 is 11.6 Å². The molecular weight excluding hydrogens is 444 g/mol. The van der Waals surface area contributed by atoms with Crippen molar-refractivity contribution in [2.45, 2.75) is 38.6 Å². The first kappa shape index (κ1) is 23.8. The van der Waals surface area contributed by atoms with E-state index < -0.39 is 15.9 Å². The summed E-state index contributed by atoms with van der Waals surface area (Å²) in [6.45, 7) is 7.43. The minimum absolute atomic E-state index is 0.0682. The molecule has 0 bridgehead atoms. The molecule has 0 saturated heterocycles. The molecule has 1 amide bonds. The molecule has 32 heavy (non-hydrogen) atoms. The summed E-state index contributed by atoms with van der Waals surface area (Å²) < 4.78 is 28.0. The number of benzene rings is 3. The van der Waals surface area contributed by atoms with Crippen molar-refractivity contribution in [1.29, 1.82) is 0 Å². The molecule has 168 valence electrons. The van der Waals surface area contributed by atoms with Gasteiger partial charge in [-0.15, -0.1) is 0 Å². The Balaban J connectivity index is 1.90. The highest BCUT2D eigenvalue weighted by Gasteiger charge is 2.28. The van der Waals surface area contributed by atoms with Crippen LogP contribution in [-0.2, 0) is 14.8 Å². The number of halogens is 1. The Morgan fingerprint density at radius 2 is 1.62 bits per heavy atom. The maximum atomic E-state index is 13.4. The summed E-state index contributed by atoms with van der Waals surface area (Å²) in [5.74, 6) is -0.392. The fourth-order valence-electron chi connectivity index (χ4n) is 3.64. The van der Waals surface area contributed by atoms with Gasteiger partial charge >= 0.3 is 0 Å². The number of amides is 1. The van der Waals surface area contributed by atoms with Crippen LogP contribution in [0.4, 0.5) is 5.69 Å². The molecule has 5 nitrogen and oxygen atoms in total. The lowest BCUT2D eigenvalue weighted by molar-refractivity contribution is -0.120. The number of carbonyl (C=O) groups excluding carboxylic acids is 1. The first-order valence-electron chi connectivity index (χ1n) is 10.3. The molecule has 1 N–H and O–H groups in total. The van der Waals surface area contributed by atoms with Gasteiger partial charge in [-0.25, -0.2) is 8.42 Å². The van der Waals surface area contributed by atoms with Crippen molar-refractivity contribution < 1.29 is 13.2 Å². The van der Waals surface area contributed by atoms with E-state index in [0.29, 0.717) is 10.7 Å². The molecule has 0 saturated carbocycles. The van der Waals surface area contributed by atoms with E-state index in [1.54, 1.807) is 18.2 Å². The molecule has 0 radical (unpaired) electrons. The van der Waals surface area contributed by atoms with Gasteiger partial charge in [-0.05, 0) is 80.8 Å². The number of anilines is 1. The van der Waals surface area contributed by atoms with Crippen LogP contribution in [-0.4, -0.2) is 20.9 Å². The molecule has 0 aliphatic rings. The average molecular weight is 471 g/mol. The molecule has 0 aromatic heterocycles. The number of nitrogens with one attached hydrogen (secondary N) is 1. The van der Waals surface area contributed by atoms with Crippen LogP contribution in [0.15, 0.2) is 71.6 Å². The van der Waals surface area contributed by atoms with Crippen molar-refractivity contribution >= 4 is 33.2 Å². The van der Waals surface area contributed by atoms with Crippen LogP contribution < -0.4 is 9.62 Å². The largest absolute Gasteiger partial charge is 0.348 e. The van der Waals surface area contributed by atoms with E-state index in [-0.39, 0.29) is 17.5 Å². The normalized spacial score (nSPS) is 12.3. The van der Waals surface area contributed by atoms with E-state index in [0.717, 1.165) is 26.6 Å². The van der Waals surface area contributed by atoms with Gasteiger partial charge in [-0.3, -0.25) is 9.10 Å². The van der Waals surface area contributed by atoms with Gasteiger partial charge in [0, 0.05) is 5.02 Å². The highest BCUT2D eigenvalue weighted by molar-refractivity contribution is 7.92. The van der Waals surface area contributed by atoms with Gasteiger partial charge in [0.1, 0.15) is 6.54 Å². The quantitative estimate of drug-likeness (QED) is 0.507. The van der Waals surface area contributed by atoms with Crippen molar-refractivity contribution in [1.82, 2.24) is 5.32 Å². The Hall–Kier alpha value is -2.83. The number of sulfonamides is 1. The highest BCUT2D eigenvalue weighted by Crippen LogP contribution is 2.26. The third-order valence-corrected chi connectivity index (χ3v) is 7.29. The van der Waals surface area contributed by atoms with Gasteiger partial charge < -0.3 is 5.32 Å². The monoisotopic (exact) mass is 470 g/mol. The molecule has 0 heterocycles. The molecular formula is C25H27ClN2O3S. The van der Waals surface area contributed by atoms with E-state index in [2.05, 4.69) is 11.4 Å². The lowest BCUT2D eigenvalue weighted by Gasteiger charge is -2.26. The fourth-order valence-corrected chi connectivity index (χ4v) is 5.18. The Morgan fingerprint density at radius 3 is 2.25 bits per heavy atom. The van der Waals surface area contributed by atoms with E-state index in [4.69, 9.17) is 11.6 Å². The minimum atomic E-state index is -3.98. The van der Waals surface area contributed by atoms with Crippen molar-refractivity contribution in [2.75, 3.05) is 10.8 Å². The molecule has 0 spiro atoms. The third kappa shape index (κ3) is 5.50. The predicted molar refractivity (Wildman–Crippen MR) is 130 cm³/mol. The van der Waals surface area contributed by atoms with Crippen LogP contribution in [0, 0.1) is 20.8 Å². The summed E-state index contributed by atoms with van der Waals surface area (Å²) in [5, 5.41) is 3.37. The second kappa shape index (κ2) is 9.76. The van der Waals surface area contributed by atoms with Gasteiger partial charge in [0.2, 0.25) is 5.91 Å². The van der Waals surface area contributed by atoms with Crippen LogP contribution in [0.1, 0.15) is 35.2 Å². The van der Waals surface area contributed by atoms with Gasteiger partial charge in [-0.2, -0.15) is 0 Å². The molecule has 0 fully saturated rings. The van der Waals surface area contributed by atoms with Crippen molar-refractivity contribution in [3.8, 4) is 0 Å². The van der Waals surface area contributed by atoms with Gasteiger partial charge in [0.05, 0.1) is 16.6 Å². The SMILES string of the molecule is Cc1cccc(N(CC(=O)N[C@@H](C)c2ccc(C)cc2C)S(=O)(=O)c2ccc(Cl)cc2)c1. The van der Waals surface area contributed by atoms with Crippen LogP contribution in [0.3, 0.4) is 0 Å². The predicted octanol–water partition coefficient (Wildman–Crippen LogP) is 5.34. The first-order valence-corrected chi connectivity index (χ1v) is 12.1. The van der Waals surface area contributed by atoms with E-state index in [9.17, 15) is 13.2 Å². The van der Waals surface area contributed by atoms with E-state index >= 15 is 0 Å². The van der Waals surface area contributed by atoms with Gasteiger partial charge in [-0.1, -0.05) is 47.5 Å². The molecule has 3 rings (SSSR count). The summed E-state index contributed by atoms with van der Waals surface area (Å²) in [4.78, 5) is 13.0. The number of hydrogen-bond donors (Lipinski definition) is 1. The molecule has 3 aromatic carbocycles. The third-order valence-electron chi connectivity index (χ3n) is 5.25. The summed E-state index contributed by atoms with van der Waals surface area (Å²) in [6.07, 6.45) is 0. The zero-order valence-corrected chi connectivity index (χ0v) is 20.2. The highest BCUT2D eigenvalue weighted by atomic mass is 35.5. The van der Waals surface area contributed by atoms with Crippen LogP contribution in [0.25, 0.3) is 0 Å². The summed E-state index contributed by atoms with van der Waals surface area (Å²) in [5.41, 5.74) is 4.52. The number of hydrogen-bond acceptors (Lipinski definition) is 3. The minimum Gasteiger partial charge on any atom is -0.348 e. The number of carbonyl (C=O) groups is 1. The number of aryl methyl sites for hydroxylation is 3. The molecule has 3 aromatic rings. The Labute approximate surface area is 195 Å². The molecule has 0 aliphatic carbocycles. The number of rotatable bonds is 7. The van der Waals surface area contributed by atoms with E-state index in [1.165, 1.54) is 24.3 Å². The fraction of sp³-hybridized carbons (Fsp3) is 0.240. The van der Waals surface area contributed by atoms with Gasteiger partial charge in [0.15, 0.2) is 0 Å². The molecule has 7 heteroatoms. The summed E-state index contributed by atoms with van der Waals surface area (Å²) >= 11 is 5.93. The zero-order valence-electron chi connectivity index (χ0n) is 18.6. The molecule has 0 unspecified atom stereocenters. The smallest absolute Gasteiger partial charge is 0.264 e. The van der Waals surface area contributed by atoms with E-state index in [1.807, 2.05) is 45.9 Å². The van der Waals surface area contributed by atoms with Crippen molar-refractivity contribution in [3.63, 3.8) is 0 Å². The van der Waals surface area contributed by atoms with Crippen LogP contribution in [0.5, 0.6) is 0 Å². The Morgan fingerprint density at radius 1 is 0.969 bits per heavy atom. The first-order chi connectivity index (χ1) is 15.1. The number of nitrogens with zero attached hydrogens (tertiary/aromatic N) is 1. The summed E-state index contributed by atoms with van der Waals surface area (Å²) in [7, 11) is -3.98. The second-order valence-corrected chi connectivity index (χ2v) is 10.3. The Kier molecular flexibility index (Phi) is 7.26. The topological polar surface area (TPSA) is 66.5 Å². The second-order valence-electron chi connectivity index (χ2n) is 7.95. The van der Waals surface area contributed by atoms with Crippen molar-refractivity contribution in [2.24, 2.45) is 0 Å². The zero-order chi connectivity index (χ0) is 23.5. The standard InChI is InChI=1S/C25H27ClN2O3S/c1-17-6-5-7-22(15-17)28(32(30,31)23-11-9-21(26)10-12-23)16-25(29)27-20(4)24-13-8-18(2)14-19(24)3/h5-15,20H,16H2,1-4H3,(H,27,29)/t20-/m0/s1. The molecule has 0 aliphatic heterocycles.